The summed E-state index contributed by atoms with van der Waals surface area (Å²) in [6.45, 7) is 1.52. The highest BCUT2D eigenvalue weighted by atomic mass is 32.2. The molecule has 0 unspecified atom stereocenters. The van der Waals surface area contributed by atoms with Crippen LogP contribution in [0.25, 0.3) is 0 Å². The molecule has 0 bridgehead atoms. The van der Waals surface area contributed by atoms with Crippen molar-refractivity contribution in [2.75, 3.05) is 17.1 Å². The molecule has 0 saturated heterocycles. The number of pyridine rings is 1. The van der Waals surface area contributed by atoms with E-state index in [-0.39, 0.29) is 27.7 Å². The Morgan fingerprint density at radius 3 is 2.48 bits per heavy atom. The molecule has 0 saturated carbocycles. The van der Waals surface area contributed by atoms with Crippen LogP contribution in [-0.4, -0.2) is 31.3 Å². The first-order chi connectivity index (χ1) is 14.7. The Morgan fingerprint density at radius 1 is 1.13 bits per heavy atom. The van der Waals surface area contributed by atoms with E-state index in [2.05, 4.69) is 15.0 Å². The molecule has 2 aromatic carbocycles. The number of ether oxygens (including phenoxy) is 1. The molecule has 11 heteroatoms. The van der Waals surface area contributed by atoms with Crippen molar-refractivity contribution in [2.24, 2.45) is 0 Å². The number of methoxy groups -OCH3 is 1. The van der Waals surface area contributed by atoms with Crippen molar-refractivity contribution >= 4 is 33.1 Å². The van der Waals surface area contributed by atoms with E-state index >= 15 is 0 Å². The summed E-state index contributed by atoms with van der Waals surface area (Å²) in [6.07, 6.45) is 1.51. The smallest absolute Gasteiger partial charge is 0.273 e. The van der Waals surface area contributed by atoms with Crippen molar-refractivity contribution < 1.29 is 22.9 Å². The van der Waals surface area contributed by atoms with E-state index < -0.39 is 20.9 Å². The third-order valence-electron chi connectivity index (χ3n) is 4.31. The van der Waals surface area contributed by atoms with Crippen LogP contribution < -0.4 is 14.8 Å². The molecule has 10 nitrogen and oxygen atoms in total. The molecule has 0 fully saturated rings. The lowest BCUT2D eigenvalue weighted by Gasteiger charge is -2.10. The van der Waals surface area contributed by atoms with E-state index in [4.69, 9.17) is 4.74 Å². The van der Waals surface area contributed by atoms with Crippen LogP contribution >= 0.6 is 0 Å². The highest BCUT2D eigenvalue weighted by molar-refractivity contribution is 7.92. The summed E-state index contributed by atoms with van der Waals surface area (Å²) in [5, 5.41) is 13.7. The first-order valence-electron chi connectivity index (χ1n) is 8.89. The quantitative estimate of drug-likeness (QED) is 0.422. The molecule has 160 valence electrons. The fourth-order valence-corrected chi connectivity index (χ4v) is 3.76. The number of amides is 1. The zero-order valence-electron chi connectivity index (χ0n) is 16.5. The van der Waals surface area contributed by atoms with Crippen molar-refractivity contribution in [3.8, 4) is 5.75 Å². The van der Waals surface area contributed by atoms with Gasteiger partial charge < -0.3 is 10.1 Å². The van der Waals surface area contributed by atoms with Crippen molar-refractivity contribution in [1.82, 2.24) is 4.98 Å². The van der Waals surface area contributed by atoms with Gasteiger partial charge in [-0.05, 0) is 49.4 Å². The Hall–Kier alpha value is -3.99. The minimum absolute atomic E-state index is 0.190. The number of sulfonamides is 1. The molecule has 3 rings (SSSR count). The lowest BCUT2D eigenvalue weighted by Crippen LogP contribution is -2.15. The second-order valence-electron chi connectivity index (χ2n) is 6.40. The van der Waals surface area contributed by atoms with Gasteiger partial charge in [-0.2, -0.15) is 0 Å². The fourth-order valence-electron chi connectivity index (χ4n) is 2.69. The Kier molecular flexibility index (Phi) is 6.16. The van der Waals surface area contributed by atoms with Gasteiger partial charge in [-0.25, -0.2) is 13.4 Å². The number of aromatic nitrogens is 1. The van der Waals surface area contributed by atoms with Crippen LogP contribution in [0, 0.1) is 17.0 Å². The van der Waals surface area contributed by atoms with Crippen LogP contribution in [0.2, 0.25) is 0 Å². The molecule has 1 heterocycles. The summed E-state index contributed by atoms with van der Waals surface area (Å²) < 4.78 is 32.6. The SMILES string of the molecule is COc1cccnc1NC(=O)c1ccc(NS(=O)(=O)c2ccc(C)c([N+](=O)[O-])c2)cc1. The summed E-state index contributed by atoms with van der Waals surface area (Å²) >= 11 is 0. The van der Waals surface area contributed by atoms with E-state index in [1.807, 2.05) is 0 Å². The molecule has 0 aliphatic carbocycles. The average molecular weight is 442 g/mol. The van der Waals surface area contributed by atoms with Crippen LogP contribution in [0.5, 0.6) is 5.75 Å². The minimum Gasteiger partial charge on any atom is -0.493 e. The van der Waals surface area contributed by atoms with Gasteiger partial charge in [0, 0.05) is 29.1 Å². The van der Waals surface area contributed by atoms with E-state index in [0.717, 1.165) is 6.07 Å². The monoisotopic (exact) mass is 442 g/mol. The van der Waals surface area contributed by atoms with Crippen molar-refractivity contribution in [3.05, 3.63) is 82.0 Å². The molecular formula is C20H18N4O6S. The summed E-state index contributed by atoms with van der Waals surface area (Å²) in [7, 11) is -2.60. The standard InChI is InChI=1S/C20H18N4O6S/c1-13-5-10-16(12-17(13)24(26)27)31(28,29)23-15-8-6-14(7-9-15)20(25)22-19-18(30-2)4-3-11-21-19/h3-12,23H,1-2H3,(H,21,22,25). The zero-order valence-corrected chi connectivity index (χ0v) is 17.3. The fraction of sp³-hybridized carbons (Fsp3) is 0.100. The molecule has 3 aromatic rings. The number of benzene rings is 2. The lowest BCUT2D eigenvalue weighted by atomic mass is 10.2. The Bertz CT molecular complexity index is 1240. The second kappa shape index (κ2) is 8.79. The molecule has 0 radical (unpaired) electrons. The van der Waals surface area contributed by atoms with Gasteiger partial charge in [-0.15, -0.1) is 0 Å². The number of anilines is 2. The van der Waals surface area contributed by atoms with Crippen LogP contribution in [-0.2, 0) is 10.0 Å². The van der Waals surface area contributed by atoms with Crippen molar-refractivity contribution in [1.29, 1.82) is 0 Å². The molecule has 1 aromatic heterocycles. The number of hydrogen-bond donors (Lipinski definition) is 2. The number of hydrogen-bond acceptors (Lipinski definition) is 7. The number of carbonyl (C=O) groups excluding carboxylic acids is 1. The van der Waals surface area contributed by atoms with Crippen LogP contribution in [0.4, 0.5) is 17.2 Å². The molecule has 0 aliphatic heterocycles. The van der Waals surface area contributed by atoms with Gasteiger partial charge >= 0.3 is 0 Å². The van der Waals surface area contributed by atoms with Gasteiger partial charge in [0.2, 0.25) is 0 Å². The van der Waals surface area contributed by atoms with Gasteiger partial charge in [0.1, 0.15) is 0 Å². The Labute approximate surface area is 178 Å². The molecule has 0 aliphatic rings. The second-order valence-corrected chi connectivity index (χ2v) is 8.08. The third-order valence-corrected chi connectivity index (χ3v) is 5.69. The largest absolute Gasteiger partial charge is 0.493 e. The van der Waals surface area contributed by atoms with Crippen LogP contribution in [0.3, 0.4) is 0 Å². The maximum atomic E-state index is 12.6. The summed E-state index contributed by atoms with van der Waals surface area (Å²) in [5.41, 5.74) is 0.514. The van der Waals surface area contributed by atoms with Gasteiger partial charge in [0.25, 0.3) is 21.6 Å². The number of nitro benzene ring substituents is 1. The number of nitrogens with zero attached hydrogens (tertiary/aromatic N) is 2. The Morgan fingerprint density at radius 2 is 1.84 bits per heavy atom. The normalized spacial score (nSPS) is 10.9. The third kappa shape index (κ3) is 4.95. The van der Waals surface area contributed by atoms with Gasteiger partial charge in [0.15, 0.2) is 11.6 Å². The minimum atomic E-state index is -4.06. The highest BCUT2D eigenvalue weighted by Crippen LogP contribution is 2.25. The zero-order chi connectivity index (χ0) is 22.6. The molecule has 1 amide bonds. The topological polar surface area (TPSA) is 141 Å². The number of carbonyl (C=O) groups is 1. The summed E-state index contributed by atoms with van der Waals surface area (Å²) in [4.78, 5) is 26.7. The maximum absolute atomic E-state index is 12.6. The predicted octanol–water partition coefficient (Wildman–Crippen LogP) is 3.36. The van der Waals surface area contributed by atoms with E-state index in [1.165, 1.54) is 56.6 Å². The molecule has 31 heavy (non-hydrogen) atoms. The van der Waals surface area contributed by atoms with E-state index in [0.29, 0.717) is 11.3 Å². The molecule has 2 N–H and O–H groups in total. The van der Waals surface area contributed by atoms with Crippen LogP contribution in [0.15, 0.2) is 65.7 Å². The number of nitro groups is 1. The summed E-state index contributed by atoms with van der Waals surface area (Å²) in [5.74, 6) is 0.189. The first-order valence-corrected chi connectivity index (χ1v) is 10.4. The van der Waals surface area contributed by atoms with Gasteiger partial charge in [-0.1, -0.05) is 6.07 Å². The maximum Gasteiger partial charge on any atom is 0.273 e. The predicted molar refractivity (Wildman–Crippen MR) is 114 cm³/mol. The van der Waals surface area contributed by atoms with Crippen molar-refractivity contribution in [2.45, 2.75) is 11.8 Å². The number of rotatable bonds is 7. The van der Waals surface area contributed by atoms with Crippen LogP contribution in [0.1, 0.15) is 15.9 Å². The highest BCUT2D eigenvalue weighted by Gasteiger charge is 2.20. The molecular weight excluding hydrogens is 424 g/mol. The Balaban J connectivity index is 1.76. The van der Waals surface area contributed by atoms with E-state index in [9.17, 15) is 23.3 Å². The first kappa shape index (κ1) is 21.7. The summed E-state index contributed by atoms with van der Waals surface area (Å²) in [6, 6.07) is 12.6. The number of nitrogens with one attached hydrogen (secondary N) is 2. The van der Waals surface area contributed by atoms with Crippen molar-refractivity contribution in [3.63, 3.8) is 0 Å². The molecule has 0 atom stereocenters. The number of aryl methyl sites for hydroxylation is 1. The van der Waals surface area contributed by atoms with Gasteiger partial charge in [-0.3, -0.25) is 19.6 Å². The molecule has 0 spiro atoms. The van der Waals surface area contributed by atoms with Gasteiger partial charge in [0.05, 0.1) is 16.9 Å². The average Bonchev–Trinajstić information content (AvgIpc) is 2.74. The van der Waals surface area contributed by atoms with E-state index in [1.54, 1.807) is 12.1 Å². The lowest BCUT2D eigenvalue weighted by molar-refractivity contribution is -0.385.